The molecule has 1 N–H and O–H groups in total. The average Bonchev–Trinajstić information content (AvgIpc) is 2.43. The Morgan fingerprint density at radius 2 is 1.90 bits per heavy atom. The summed E-state index contributed by atoms with van der Waals surface area (Å²) >= 11 is 0. The number of carbonyl (C=O) groups excluding carboxylic acids is 2. The van der Waals surface area contributed by atoms with Crippen LogP contribution < -0.4 is 5.32 Å². The first-order valence-electron chi connectivity index (χ1n) is 6.17. The van der Waals surface area contributed by atoms with Gasteiger partial charge in [-0.05, 0) is 37.6 Å². The highest BCUT2D eigenvalue weighted by atomic mass is 16.1. The molecule has 2 aromatic rings. The van der Waals surface area contributed by atoms with Gasteiger partial charge in [-0.1, -0.05) is 29.8 Å². The SMILES string of the molecule is Cc1ccc(NC(=O)c2ccccc2N=C=O)c(C)c1. The number of anilines is 1. The summed E-state index contributed by atoms with van der Waals surface area (Å²) in [6.45, 7) is 3.92. The third-order valence-electron chi connectivity index (χ3n) is 2.94. The molecule has 0 aliphatic heterocycles. The highest BCUT2D eigenvalue weighted by Gasteiger charge is 2.11. The number of carbonyl (C=O) groups is 1. The lowest BCUT2D eigenvalue weighted by Gasteiger charge is -2.10. The molecule has 0 aliphatic carbocycles. The van der Waals surface area contributed by atoms with Crippen molar-refractivity contribution in [1.82, 2.24) is 0 Å². The third kappa shape index (κ3) is 2.99. The Balaban J connectivity index is 2.31. The molecule has 0 fully saturated rings. The lowest BCUT2D eigenvalue weighted by atomic mass is 10.1. The van der Waals surface area contributed by atoms with Crippen molar-refractivity contribution in [3.63, 3.8) is 0 Å². The van der Waals surface area contributed by atoms with E-state index in [-0.39, 0.29) is 5.91 Å². The molecule has 4 nitrogen and oxygen atoms in total. The van der Waals surface area contributed by atoms with Crippen molar-refractivity contribution in [2.24, 2.45) is 4.99 Å². The van der Waals surface area contributed by atoms with Crippen LogP contribution in [0.3, 0.4) is 0 Å². The fourth-order valence-electron chi connectivity index (χ4n) is 1.96. The third-order valence-corrected chi connectivity index (χ3v) is 2.94. The van der Waals surface area contributed by atoms with Gasteiger partial charge in [0.25, 0.3) is 5.91 Å². The van der Waals surface area contributed by atoms with Crippen molar-refractivity contribution in [3.05, 3.63) is 59.2 Å². The number of para-hydroxylation sites is 1. The quantitative estimate of drug-likeness (QED) is 0.682. The molecule has 0 spiro atoms. The van der Waals surface area contributed by atoms with Gasteiger partial charge in [-0.3, -0.25) is 4.79 Å². The van der Waals surface area contributed by atoms with Crippen molar-refractivity contribution >= 4 is 23.4 Å². The summed E-state index contributed by atoms with van der Waals surface area (Å²) in [7, 11) is 0. The summed E-state index contributed by atoms with van der Waals surface area (Å²) in [5.74, 6) is -0.299. The lowest BCUT2D eigenvalue weighted by Crippen LogP contribution is -2.13. The highest BCUT2D eigenvalue weighted by molar-refractivity contribution is 6.08. The van der Waals surface area contributed by atoms with Crippen LogP contribution >= 0.6 is 0 Å². The van der Waals surface area contributed by atoms with Crippen molar-refractivity contribution < 1.29 is 9.59 Å². The zero-order valence-electron chi connectivity index (χ0n) is 11.3. The maximum Gasteiger partial charge on any atom is 0.257 e. The van der Waals surface area contributed by atoms with Gasteiger partial charge in [0.1, 0.15) is 0 Å². The molecule has 0 heterocycles. The van der Waals surface area contributed by atoms with Gasteiger partial charge in [0, 0.05) is 5.69 Å². The summed E-state index contributed by atoms with van der Waals surface area (Å²) < 4.78 is 0. The molecule has 2 rings (SSSR count). The molecule has 100 valence electrons. The lowest BCUT2D eigenvalue weighted by molar-refractivity contribution is 0.102. The van der Waals surface area contributed by atoms with Gasteiger partial charge in [-0.15, -0.1) is 0 Å². The molecule has 0 aromatic heterocycles. The molecule has 0 unspecified atom stereocenters. The second kappa shape index (κ2) is 5.95. The first kappa shape index (κ1) is 13.7. The number of nitrogens with one attached hydrogen (secondary N) is 1. The maximum atomic E-state index is 12.2. The van der Waals surface area contributed by atoms with Gasteiger partial charge in [-0.25, -0.2) is 4.79 Å². The molecule has 20 heavy (non-hydrogen) atoms. The minimum atomic E-state index is -0.299. The number of hydrogen-bond acceptors (Lipinski definition) is 3. The monoisotopic (exact) mass is 266 g/mol. The maximum absolute atomic E-state index is 12.2. The number of aryl methyl sites for hydroxylation is 2. The smallest absolute Gasteiger partial charge is 0.257 e. The molecule has 0 aliphatic rings. The largest absolute Gasteiger partial charge is 0.322 e. The van der Waals surface area contributed by atoms with Crippen LogP contribution in [0.15, 0.2) is 47.5 Å². The van der Waals surface area contributed by atoms with E-state index in [1.807, 2.05) is 32.0 Å². The van der Waals surface area contributed by atoms with Gasteiger partial charge in [0.2, 0.25) is 6.08 Å². The summed E-state index contributed by atoms with van der Waals surface area (Å²) in [5, 5.41) is 2.82. The number of aliphatic imine (C=N–C) groups is 1. The number of amides is 1. The van der Waals surface area contributed by atoms with E-state index < -0.39 is 0 Å². The Morgan fingerprint density at radius 1 is 1.15 bits per heavy atom. The van der Waals surface area contributed by atoms with Gasteiger partial charge >= 0.3 is 0 Å². The van der Waals surface area contributed by atoms with Gasteiger partial charge < -0.3 is 5.32 Å². The summed E-state index contributed by atoms with van der Waals surface area (Å²) in [6, 6.07) is 12.4. The van der Waals surface area contributed by atoms with E-state index in [0.29, 0.717) is 11.3 Å². The zero-order valence-corrected chi connectivity index (χ0v) is 11.3. The van der Waals surface area contributed by atoms with E-state index in [1.54, 1.807) is 24.3 Å². The predicted octanol–water partition coefficient (Wildman–Crippen LogP) is 3.52. The minimum Gasteiger partial charge on any atom is -0.322 e. The molecule has 2 aromatic carbocycles. The Morgan fingerprint density at radius 3 is 2.60 bits per heavy atom. The van der Waals surface area contributed by atoms with E-state index >= 15 is 0 Å². The zero-order chi connectivity index (χ0) is 14.5. The molecule has 0 radical (unpaired) electrons. The van der Waals surface area contributed by atoms with Crippen LogP contribution in [0.25, 0.3) is 0 Å². The van der Waals surface area contributed by atoms with E-state index in [4.69, 9.17) is 0 Å². The summed E-state index contributed by atoms with van der Waals surface area (Å²) in [5.41, 5.74) is 3.51. The van der Waals surface area contributed by atoms with Crippen molar-refractivity contribution in [3.8, 4) is 0 Å². The van der Waals surface area contributed by atoms with Crippen molar-refractivity contribution in [1.29, 1.82) is 0 Å². The Hall–Kier alpha value is -2.71. The molecule has 0 bridgehead atoms. The second-order valence-corrected chi connectivity index (χ2v) is 4.49. The molecule has 1 amide bonds. The van der Waals surface area contributed by atoms with Gasteiger partial charge in [-0.2, -0.15) is 4.99 Å². The Kier molecular flexibility index (Phi) is 4.08. The molecular weight excluding hydrogens is 252 g/mol. The number of rotatable bonds is 3. The molecule has 0 saturated carbocycles. The first-order chi connectivity index (χ1) is 9.61. The van der Waals surface area contributed by atoms with Crippen LogP contribution in [0.2, 0.25) is 0 Å². The van der Waals surface area contributed by atoms with Gasteiger partial charge in [0.15, 0.2) is 0 Å². The van der Waals surface area contributed by atoms with Crippen LogP contribution in [-0.2, 0) is 4.79 Å². The number of hydrogen-bond donors (Lipinski definition) is 1. The van der Waals surface area contributed by atoms with Crippen LogP contribution in [0.1, 0.15) is 21.5 Å². The van der Waals surface area contributed by atoms with E-state index in [2.05, 4.69) is 10.3 Å². The van der Waals surface area contributed by atoms with Crippen molar-refractivity contribution in [2.45, 2.75) is 13.8 Å². The van der Waals surface area contributed by atoms with E-state index in [9.17, 15) is 9.59 Å². The van der Waals surface area contributed by atoms with Crippen LogP contribution in [0.4, 0.5) is 11.4 Å². The Bertz CT molecular complexity index is 701. The standard InChI is InChI=1S/C16H14N2O2/c1-11-7-8-14(12(2)9-11)18-16(20)13-5-3-4-6-15(13)17-10-19/h3-9H,1-2H3,(H,18,20). The fraction of sp³-hybridized carbons (Fsp3) is 0.125. The molecular formula is C16H14N2O2. The molecule has 0 atom stereocenters. The summed E-state index contributed by atoms with van der Waals surface area (Å²) in [6.07, 6.45) is 1.46. The van der Waals surface area contributed by atoms with Crippen LogP contribution in [0, 0.1) is 13.8 Å². The normalized spacial score (nSPS) is 9.70. The number of isocyanates is 1. The Labute approximate surface area is 117 Å². The fourth-order valence-corrected chi connectivity index (χ4v) is 1.96. The first-order valence-corrected chi connectivity index (χ1v) is 6.17. The van der Waals surface area contributed by atoms with E-state index in [0.717, 1.165) is 16.8 Å². The summed E-state index contributed by atoms with van der Waals surface area (Å²) in [4.78, 5) is 26.2. The highest BCUT2D eigenvalue weighted by Crippen LogP contribution is 2.21. The van der Waals surface area contributed by atoms with Gasteiger partial charge in [0.05, 0.1) is 11.3 Å². The van der Waals surface area contributed by atoms with E-state index in [1.165, 1.54) is 6.08 Å². The minimum absolute atomic E-state index is 0.299. The van der Waals surface area contributed by atoms with Crippen LogP contribution in [-0.4, -0.2) is 12.0 Å². The average molecular weight is 266 g/mol. The topological polar surface area (TPSA) is 58.5 Å². The van der Waals surface area contributed by atoms with Crippen molar-refractivity contribution in [2.75, 3.05) is 5.32 Å². The second-order valence-electron chi connectivity index (χ2n) is 4.49. The molecule has 4 heteroatoms. The van der Waals surface area contributed by atoms with Crippen LogP contribution in [0.5, 0.6) is 0 Å². The number of nitrogens with zero attached hydrogens (tertiary/aromatic N) is 1. The number of benzene rings is 2. The molecule has 0 saturated heterocycles. The predicted molar refractivity (Wildman–Crippen MR) is 78.1 cm³/mol.